The van der Waals surface area contributed by atoms with Crippen LogP contribution in [0.2, 0.25) is 0 Å². The smallest absolute Gasteiger partial charge is 0.246 e. The molecule has 116 valence electrons. The molecule has 0 bridgehead atoms. The number of nitrogens with one attached hydrogen (secondary N) is 2. The number of halogens is 2. The fraction of sp³-hybridized carbons (Fsp3) is 0.235. The van der Waals surface area contributed by atoms with Crippen molar-refractivity contribution in [3.05, 3.63) is 59.2 Å². The first-order chi connectivity index (χ1) is 10.3. The predicted molar refractivity (Wildman–Crippen MR) is 84.0 cm³/mol. The molecule has 0 radical (unpaired) electrons. The molecule has 0 fully saturated rings. The van der Waals surface area contributed by atoms with Crippen molar-refractivity contribution in [1.29, 1.82) is 0 Å². The van der Waals surface area contributed by atoms with E-state index in [0.29, 0.717) is 0 Å². The van der Waals surface area contributed by atoms with Crippen molar-refractivity contribution in [3.63, 3.8) is 0 Å². The molecule has 0 aliphatic heterocycles. The number of hydrogen-bond acceptors (Lipinski definition) is 2. The number of rotatable bonds is 4. The van der Waals surface area contributed by atoms with Crippen LogP contribution in [0.5, 0.6) is 0 Å². The lowest BCUT2D eigenvalue weighted by Gasteiger charge is -2.16. The van der Waals surface area contributed by atoms with Gasteiger partial charge in [-0.2, -0.15) is 0 Å². The molecule has 3 nitrogen and oxygen atoms in total. The number of benzene rings is 2. The standard InChI is InChI=1S/C17H18F2N2O/c1-10-6-11(2)8-14(7-10)20-12(3)17(22)21-16-9-13(18)4-5-15(16)19/h4-9,12,20H,1-3H3,(H,21,22). The van der Waals surface area contributed by atoms with Gasteiger partial charge in [-0.25, -0.2) is 8.78 Å². The van der Waals surface area contributed by atoms with Crippen LogP contribution in [0.25, 0.3) is 0 Å². The lowest BCUT2D eigenvalue weighted by atomic mass is 10.1. The van der Waals surface area contributed by atoms with Gasteiger partial charge in [-0.3, -0.25) is 4.79 Å². The Bertz CT molecular complexity index is 681. The van der Waals surface area contributed by atoms with Gasteiger partial charge in [-0.05, 0) is 56.2 Å². The second-order valence-electron chi connectivity index (χ2n) is 5.36. The van der Waals surface area contributed by atoms with Crippen LogP contribution in [0, 0.1) is 25.5 Å². The minimum Gasteiger partial charge on any atom is -0.374 e. The lowest BCUT2D eigenvalue weighted by molar-refractivity contribution is -0.116. The van der Waals surface area contributed by atoms with Crippen LogP contribution < -0.4 is 10.6 Å². The number of carbonyl (C=O) groups is 1. The third kappa shape index (κ3) is 4.04. The zero-order valence-electron chi connectivity index (χ0n) is 12.7. The van der Waals surface area contributed by atoms with Gasteiger partial charge in [0.2, 0.25) is 5.91 Å². The van der Waals surface area contributed by atoms with Crippen molar-refractivity contribution in [3.8, 4) is 0 Å². The van der Waals surface area contributed by atoms with Gasteiger partial charge >= 0.3 is 0 Å². The van der Waals surface area contributed by atoms with Crippen LogP contribution in [-0.2, 0) is 4.79 Å². The quantitative estimate of drug-likeness (QED) is 0.895. The molecule has 2 rings (SSSR count). The number of amides is 1. The van der Waals surface area contributed by atoms with Gasteiger partial charge in [0.05, 0.1) is 5.69 Å². The Hall–Kier alpha value is -2.43. The number of aryl methyl sites for hydroxylation is 2. The van der Waals surface area contributed by atoms with Gasteiger partial charge in [0.25, 0.3) is 0 Å². The molecule has 0 aliphatic carbocycles. The summed E-state index contributed by atoms with van der Waals surface area (Å²) in [5.41, 5.74) is 2.79. The van der Waals surface area contributed by atoms with E-state index in [-0.39, 0.29) is 5.69 Å². The first kappa shape index (κ1) is 15.9. The summed E-state index contributed by atoms with van der Waals surface area (Å²) < 4.78 is 26.6. The highest BCUT2D eigenvalue weighted by Gasteiger charge is 2.15. The minimum atomic E-state index is -0.673. The molecule has 0 aromatic heterocycles. The molecule has 0 saturated carbocycles. The average molecular weight is 304 g/mol. The van der Waals surface area contributed by atoms with Crippen LogP contribution >= 0.6 is 0 Å². The zero-order valence-corrected chi connectivity index (χ0v) is 12.7. The average Bonchev–Trinajstić information content (AvgIpc) is 2.41. The first-order valence-corrected chi connectivity index (χ1v) is 6.96. The number of anilines is 2. The van der Waals surface area contributed by atoms with E-state index in [1.807, 2.05) is 32.0 Å². The van der Waals surface area contributed by atoms with Gasteiger partial charge in [0.1, 0.15) is 17.7 Å². The molecule has 2 aromatic carbocycles. The van der Waals surface area contributed by atoms with Crippen LogP contribution in [0.15, 0.2) is 36.4 Å². The Labute approximate surface area is 128 Å². The van der Waals surface area contributed by atoms with Crippen molar-refractivity contribution in [2.45, 2.75) is 26.8 Å². The minimum absolute atomic E-state index is 0.168. The molecular weight excluding hydrogens is 286 g/mol. The highest BCUT2D eigenvalue weighted by Crippen LogP contribution is 2.17. The topological polar surface area (TPSA) is 41.1 Å². The summed E-state index contributed by atoms with van der Waals surface area (Å²) in [4.78, 5) is 12.1. The second kappa shape index (κ2) is 6.56. The molecule has 22 heavy (non-hydrogen) atoms. The molecule has 5 heteroatoms. The summed E-state index contributed by atoms with van der Waals surface area (Å²) in [7, 11) is 0. The summed E-state index contributed by atoms with van der Waals surface area (Å²) >= 11 is 0. The highest BCUT2D eigenvalue weighted by atomic mass is 19.1. The van der Waals surface area contributed by atoms with Gasteiger partial charge in [-0.1, -0.05) is 6.07 Å². The Morgan fingerprint density at radius 1 is 1.05 bits per heavy atom. The van der Waals surface area contributed by atoms with Gasteiger partial charge in [0.15, 0.2) is 0 Å². The predicted octanol–water partition coefficient (Wildman–Crippen LogP) is 4.02. The van der Waals surface area contributed by atoms with Crippen LogP contribution in [-0.4, -0.2) is 11.9 Å². The van der Waals surface area contributed by atoms with E-state index < -0.39 is 23.6 Å². The second-order valence-corrected chi connectivity index (χ2v) is 5.36. The van der Waals surface area contributed by atoms with Crippen molar-refractivity contribution >= 4 is 17.3 Å². The van der Waals surface area contributed by atoms with E-state index >= 15 is 0 Å². The molecule has 1 atom stereocenters. The SMILES string of the molecule is Cc1cc(C)cc(NC(C)C(=O)Nc2cc(F)ccc2F)c1. The van der Waals surface area contributed by atoms with Gasteiger partial charge < -0.3 is 10.6 Å². The molecule has 2 aromatic rings. The third-order valence-corrected chi connectivity index (χ3v) is 3.18. The molecule has 0 spiro atoms. The Morgan fingerprint density at radius 3 is 2.32 bits per heavy atom. The molecule has 0 aliphatic rings. The Kier molecular flexibility index (Phi) is 4.75. The van der Waals surface area contributed by atoms with E-state index in [9.17, 15) is 13.6 Å². The normalized spacial score (nSPS) is 11.9. The summed E-state index contributed by atoms with van der Waals surface area (Å²) in [5.74, 6) is -1.72. The molecule has 2 N–H and O–H groups in total. The summed E-state index contributed by atoms with van der Waals surface area (Å²) in [5, 5.41) is 5.43. The fourth-order valence-corrected chi connectivity index (χ4v) is 2.21. The highest BCUT2D eigenvalue weighted by molar-refractivity contribution is 5.96. The molecule has 1 unspecified atom stereocenters. The molecule has 1 amide bonds. The maximum absolute atomic E-state index is 13.5. The van der Waals surface area contributed by atoms with E-state index in [1.54, 1.807) is 6.92 Å². The van der Waals surface area contributed by atoms with Crippen molar-refractivity contribution in [2.24, 2.45) is 0 Å². The van der Waals surface area contributed by atoms with Crippen LogP contribution in [0.4, 0.5) is 20.2 Å². The van der Waals surface area contributed by atoms with Crippen LogP contribution in [0.1, 0.15) is 18.1 Å². The van der Waals surface area contributed by atoms with Crippen molar-refractivity contribution < 1.29 is 13.6 Å². The monoisotopic (exact) mass is 304 g/mol. The zero-order chi connectivity index (χ0) is 16.3. The third-order valence-electron chi connectivity index (χ3n) is 3.18. The fourth-order valence-electron chi connectivity index (χ4n) is 2.21. The maximum atomic E-state index is 13.5. The summed E-state index contributed by atoms with van der Waals surface area (Å²) in [6, 6.07) is 8.20. The summed E-state index contributed by atoms with van der Waals surface area (Å²) in [6.45, 7) is 5.58. The van der Waals surface area contributed by atoms with E-state index in [4.69, 9.17) is 0 Å². The summed E-state index contributed by atoms with van der Waals surface area (Å²) in [6.07, 6.45) is 0. The van der Waals surface area contributed by atoms with E-state index in [0.717, 1.165) is 35.0 Å². The van der Waals surface area contributed by atoms with Crippen LogP contribution in [0.3, 0.4) is 0 Å². The number of hydrogen-bond donors (Lipinski definition) is 2. The van der Waals surface area contributed by atoms with E-state index in [2.05, 4.69) is 10.6 Å². The molecule has 0 saturated heterocycles. The molecular formula is C17H18F2N2O. The largest absolute Gasteiger partial charge is 0.374 e. The van der Waals surface area contributed by atoms with Crippen molar-refractivity contribution in [1.82, 2.24) is 0 Å². The first-order valence-electron chi connectivity index (χ1n) is 6.96. The Morgan fingerprint density at radius 2 is 1.68 bits per heavy atom. The van der Waals surface area contributed by atoms with E-state index in [1.165, 1.54) is 0 Å². The lowest BCUT2D eigenvalue weighted by Crippen LogP contribution is -2.32. The van der Waals surface area contributed by atoms with Gasteiger partial charge in [-0.15, -0.1) is 0 Å². The van der Waals surface area contributed by atoms with Crippen molar-refractivity contribution in [2.75, 3.05) is 10.6 Å². The molecule has 0 heterocycles. The van der Waals surface area contributed by atoms with Gasteiger partial charge in [0, 0.05) is 11.8 Å². The Balaban J connectivity index is 2.07. The number of carbonyl (C=O) groups excluding carboxylic acids is 1. The maximum Gasteiger partial charge on any atom is 0.246 e.